The highest BCUT2D eigenvalue weighted by Gasteiger charge is 2.27. The standard InChI is InChI=1S/C14H20N4O/c1-19-13-4-6-18(12(7-13)8-15)10-11-3-2-5-17-14(11)9-16/h2-3,5,12-13H,4,6-8,10,15H2,1H3. The van der Waals surface area contributed by atoms with Crippen molar-refractivity contribution in [2.24, 2.45) is 5.73 Å². The first-order valence-corrected chi connectivity index (χ1v) is 6.59. The molecule has 0 amide bonds. The van der Waals surface area contributed by atoms with E-state index < -0.39 is 0 Å². The van der Waals surface area contributed by atoms with Crippen LogP contribution < -0.4 is 5.73 Å². The van der Waals surface area contributed by atoms with Crippen molar-refractivity contribution in [2.45, 2.75) is 31.5 Å². The molecular weight excluding hydrogens is 240 g/mol. The predicted octanol–water partition coefficient (Wildman–Crippen LogP) is 0.891. The SMILES string of the molecule is COC1CCN(Cc2cccnc2C#N)C(CN)C1. The minimum Gasteiger partial charge on any atom is -0.381 e. The summed E-state index contributed by atoms with van der Waals surface area (Å²) >= 11 is 0. The maximum Gasteiger partial charge on any atom is 0.144 e. The van der Waals surface area contributed by atoms with Gasteiger partial charge in [0.2, 0.25) is 0 Å². The number of ether oxygens (including phenoxy) is 1. The minimum absolute atomic E-state index is 0.300. The average Bonchev–Trinajstić information content (AvgIpc) is 2.48. The van der Waals surface area contributed by atoms with Crippen LogP contribution in [0.2, 0.25) is 0 Å². The van der Waals surface area contributed by atoms with Crippen molar-refractivity contribution in [2.75, 3.05) is 20.2 Å². The van der Waals surface area contributed by atoms with Crippen molar-refractivity contribution in [1.82, 2.24) is 9.88 Å². The number of nitriles is 1. The van der Waals surface area contributed by atoms with Crippen LogP contribution in [0, 0.1) is 11.3 Å². The third-order valence-corrected chi connectivity index (χ3v) is 3.77. The van der Waals surface area contributed by atoms with E-state index in [-0.39, 0.29) is 0 Å². The van der Waals surface area contributed by atoms with Gasteiger partial charge in [-0.1, -0.05) is 6.07 Å². The number of hydrogen-bond donors (Lipinski definition) is 1. The highest BCUT2D eigenvalue weighted by molar-refractivity contribution is 5.30. The molecule has 2 atom stereocenters. The first kappa shape index (κ1) is 13.9. The lowest BCUT2D eigenvalue weighted by Crippen LogP contribution is -2.48. The highest BCUT2D eigenvalue weighted by atomic mass is 16.5. The number of nitrogens with two attached hydrogens (primary N) is 1. The summed E-state index contributed by atoms with van der Waals surface area (Å²) in [5, 5.41) is 9.08. The molecule has 1 saturated heterocycles. The van der Waals surface area contributed by atoms with Crippen molar-refractivity contribution in [3.05, 3.63) is 29.6 Å². The van der Waals surface area contributed by atoms with E-state index >= 15 is 0 Å². The van der Waals surface area contributed by atoms with Gasteiger partial charge in [0.15, 0.2) is 0 Å². The summed E-state index contributed by atoms with van der Waals surface area (Å²) in [4.78, 5) is 6.43. The van der Waals surface area contributed by atoms with Crippen LogP contribution in [0.3, 0.4) is 0 Å². The van der Waals surface area contributed by atoms with Gasteiger partial charge in [0, 0.05) is 44.5 Å². The lowest BCUT2D eigenvalue weighted by atomic mass is 9.98. The molecule has 5 heteroatoms. The van der Waals surface area contributed by atoms with Crippen LogP contribution in [-0.2, 0) is 11.3 Å². The lowest BCUT2D eigenvalue weighted by Gasteiger charge is -2.38. The molecule has 0 saturated carbocycles. The van der Waals surface area contributed by atoms with E-state index in [1.165, 1.54) is 0 Å². The van der Waals surface area contributed by atoms with Gasteiger partial charge in [-0.2, -0.15) is 5.26 Å². The van der Waals surface area contributed by atoms with E-state index in [0.717, 1.165) is 31.5 Å². The fourth-order valence-corrected chi connectivity index (χ4v) is 2.62. The van der Waals surface area contributed by atoms with Crippen LogP contribution in [-0.4, -0.2) is 42.2 Å². The predicted molar refractivity (Wildman–Crippen MR) is 72.2 cm³/mol. The lowest BCUT2D eigenvalue weighted by molar-refractivity contribution is 0.0102. The Balaban J connectivity index is 2.08. The third kappa shape index (κ3) is 3.29. The Morgan fingerprint density at radius 3 is 3.16 bits per heavy atom. The number of piperidine rings is 1. The minimum atomic E-state index is 0.300. The van der Waals surface area contributed by atoms with E-state index in [0.29, 0.717) is 24.4 Å². The van der Waals surface area contributed by atoms with Crippen LogP contribution in [0.25, 0.3) is 0 Å². The maximum atomic E-state index is 9.08. The summed E-state index contributed by atoms with van der Waals surface area (Å²) in [6, 6.07) is 6.29. The molecule has 1 fully saturated rings. The topological polar surface area (TPSA) is 75.2 Å². The van der Waals surface area contributed by atoms with E-state index in [4.69, 9.17) is 15.7 Å². The number of likely N-dealkylation sites (tertiary alicyclic amines) is 1. The molecule has 0 spiro atoms. The number of rotatable bonds is 4. The van der Waals surface area contributed by atoms with E-state index in [9.17, 15) is 0 Å². The Hall–Kier alpha value is -1.48. The van der Waals surface area contributed by atoms with Gasteiger partial charge in [-0.3, -0.25) is 4.90 Å². The molecule has 2 rings (SSSR count). The molecular formula is C14H20N4O. The summed E-state index contributed by atoms with van der Waals surface area (Å²) in [6.07, 6.45) is 3.92. The largest absolute Gasteiger partial charge is 0.381 e. The van der Waals surface area contributed by atoms with Crippen molar-refractivity contribution in [3.63, 3.8) is 0 Å². The van der Waals surface area contributed by atoms with Crippen LogP contribution >= 0.6 is 0 Å². The number of pyridine rings is 1. The van der Waals surface area contributed by atoms with Crippen LogP contribution in [0.5, 0.6) is 0 Å². The zero-order valence-corrected chi connectivity index (χ0v) is 11.2. The first-order valence-electron chi connectivity index (χ1n) is 6.59. The van der Waals surface area contributed by atoms with Gasteiger partial charge in [-0.05, 0) is 18.9 Å². The number of methoxy groups -OCH3 is 1. The zero-order valence-electron chi connectivity index (χ0n) is 11.2. The third-order valence-electron chi connectivity index (χ3n) is 3.77. The Morgan fingerprint density at radius 2 is 2.47 bits per heavy atom. The van der Waals surface area contributed by atoms with Crippen LogP contribution in [0.15, 0.2) is 18.3 Å². The quantitative estimate of drug-likeness (QED) is 0.870. The molecule has 1 aliphatic rings. The summed E-state index contributed by atoms with van der Waals surface area (Å²) in [6.45, 7) is 2.29. The molecule has 5 nitrogen and oxygen atoms in total. The smallest absolute Gasteiger partial charge is 0.144 e. The van der Waals surface area contributed by atoms with Crippen molar-refractivity contribution in [3.8, 4) is 6.07 Å². The maximum absolute atomic E-state index is 9.08. The van der Waals surface area contributed by atoms with E-state index in [1.54, 1.807) is 13.3 Å². The Kier molecular flexibility index (Phi) is 4.86. The second-order valence-corrected chi connectivity index (χ2v) is 4.87. The fourth-order valence-electron chi connectivity index (χ4n) is 2.62. The summed E-state index contributed by atoms with van der Waals surface area (Å²) in [5.41, 5.74) is 7.34. The Bertz CT molecular complexity index is 457. The number of nitrogens with zero attached hydrogens (tertiary/aromatic N) is 3. The normalized spacial score (nSPS) is 24.1. The van der Waals surface area contributed by atoms with Gasteiger partial charge in [0.05, 0.1) is 6.10 Å². The van der Waals surface area contributed by atoms with E-state index in [1.807, 2.05) is 12.1 Å². The zero-order chi connectivity index (χ0) is 13.7. The molecule has 2 heterocycles. The van der Waals surface area contributed by atoms with Crippen molar-refractivity contribution < 1.29 is 4.74 Å². The molecule has 1 aliphatic heterocycles. The van der Waals surface area contributed by atoms with Crippen molar-refractivity contribution >= 4 is 0 Å². The van der Waals surface area contributed by atoms with E-state index in [2.05, 4.69) is 16.0 Å². The molecule has 102 valence electrons. The molecule has 19 heavy (non-hydrogen) atoms. The monoisotopic (exact) mass is 260 g/mol. The van der Waals surface area contributed by atoms with Crippen molar-refractivity contribution in [1.29, 1.82) is 5.26 Å². The molecule has 2 unspecified atom stereocenters. The first-order chi connectivity index (χ1) is 9.28. The molecule has 0 aromatic carbocycles. The molecule has 2 N–H and O–H groups in total. The Labute approximate surface area is 114 Å². The van der Waals surface area contributed by atoms with Gasteiger partial charge in [-0.15, -0.1) is 0 Å². The summed E-state index contributed by atoms with van der Waals surface area (Å²) < 4.78 is 5.42. The van der Waals surface area contributed by atoms with Crippen LogP contribution in [0.1, 0.15) is 24.1 Å². The van der Waals surface area contributed by atoms with Gasteiger partial charge >= 0.3 is 0 Å². The van der Waals surface area contributed by atoms with Gasteiger partial charge in [0.25, 0.3) is 0 Å². The molecule has 1 aromatic rings. The summed E-state index contributed by atoms with van der Waals surface area (Å²) in [7, 11) is 1.75. The molecule has 0 aliphatic carbocycles. The number of aromatic nitrogens is 1. The average molecular weight is 260 g/mol. The van der Waals surface area contributed by atoms with Gasteiger partial charge in [-0.25, -0.2) is 4.98 Å². The summed E-state index contributed by atoms with van der Waals surface area (Å²) in [5.74, 6) is 0. The number of hydrogen-bond acceptors (Lipinski definition) is 5. The molecule has 0 radical (unpaired) electrons. The second-order valence-electron chi connectivity index (χ2n) is 4.87. The molecule has 0 bridgehead atoms. The second kappa shape index (κ2) is 6.62. The highest BCUT2D eigenvalue weighted by Crippen LogP contribution is 2.21. The Morgan fingerprint density at radius 1 is 1.63 bits per heavy atom. The fraction of sp³-hybridized carbons (Fsp3) is 0.571. The van der Waals surface area contributed by atoms with Gasteiger partial charge < -0.3 is 10.5 Å². The van der Waals surface area contributed by atoms with Crippen LogP contribution in [0.4, 0.5) is 0 Å². The molecule has 1 aromatic heterocycles. The van der Waals surface area contributed by atoms with Gasteiger partial charge in [0.1, 0.15) is 11.8 Å².